The van der Waals surface area contributed by atoms with Gasteiger partial charge in [0.1, 0.15) is 4.88 Å². The molecule has 3 nitrogen and oxygen atoms in total. The predicted octanol–water partition coefficient (Wildman–Crippen LogP) is 2.87. The Kier molecular flexibility index (Phi) is 1.98. The van der Waals surface area contributed by atoms with E-state index in [1.54, 1.807) is 18.3 Å². The van der Waals surface area contributed by atoms with Crippen molar-refractivity contribution in [1.82, 2.24) is 10.2 Å². The Morgan fingerprint density at radius 3 is 2.83 bits per heavy atom. The summed E-state index contributed by atoms with van der Waals surface area (Å²) in [5, 5.41) is 9.64. The molecule has 0 N–H and O–H groups in total. The van der Waals surface area contributed by atoms with Gasteiger partial charge in [-0.1, -0.05) is 0 Å². The summed E-state index contributed by atoms with van der Waals surface area (Å²) < 4.78 is 6.26. The average molecular weight is 245 g/mol. The van der Waals surface area contributed by atoms with Gasteiger partial charge in [-0.05, 0) is 27.4 Å². The molecule has 12 heavy (non-hydrogen) atoms. The maximum Gasteiger partial charge on any atom is 0.258 e. The molecule has 0 unspecified atom stereocenters. The summed E-state index contributed by atoms with van der Waals surface area (Å²) in [4.78, 5) is 0.982. The molecule has 0 saturated heterocycles. The van der Waals surface area contributed by atoms with Gasteiger partial charge in [-0.25, -0.2) is 0 Å². The van der Waals surface area contributed by atoms with Crippen LogP contribution in [0.3, 0.4) is 0 Å². The molecule has 0 saturated carbocycles. The molecule has 0 radical (unpaired) electrons. The van der Waals surface area contributed by atoms with Crippen molar-refractivity contribution in [2.24, 2.45) is 0 Å². The van der Waals surface area contributed by atoms with E-state index in [2.05, 4.69) is 26.1 Å². The number of rotatable bonds is 1. The number of halogens is 1. The van der Waals surface area contributed by atoms with Crippen molar-refractivity contribution < 1.29 is 4.42 Å². The molecule has 5 heteroatoms. The van der Waals surface area contributed by atoms with Crippen molar-refractivity contribution >= 4 is 27.3 Å². The van der Waals surface area contributed by atoms with E-state index in [4.69, 9.17) is 4.42 Å². The fraction of sp³-hybridized carbons (Fsp3) is 0.143. The Bertz CT molecular complexity index is 396. The lowest BCUT2D eigenvalue weighted by Gasteiger charge is -1.87. The third kappa shape index (κ3) is 1.30. The first kappa shape index (κ1) is 7.94. The maximum absolute atomic E-state index is 5.27. The molecule has 2 aromatic rings. The molecular weight excluding hydrogens is 240 g/mol. The Morgan fingerprint density at radius 2 is 2.33 bits per heavy atom. The van der Waals surface area contributed by atoms with Crippen LogP contribution in [0.25, 0.3) is 10.8 Å². The lowest BCUT2D eigenvalue weighted by molar-refractivity contribution is 0.534. The van der Waals surface area contributed by atoms with Crippen LogP contribution < -0.4 is 0 Å². The van der Waals surface area contributed by atoms with Gasteiger partial charge in [-0.2, -0.15) is 0 Å². The van der Waals surface area contributed by atoms with E-state index in [9.17, 15) is 0 Å². The fourth-order valence-corrected chi connectivity index (χ4v) is 2.30. The fourth-order valence-electron chi connectivity index (χ4n) is 0.835. The van der Waals surface area contributed by atoms with Gasteiger partial charge in [0.2, 0.25) is 5.89 Å². The summed E-state index contributed by atoms with van der Waals surface area (Å²) in [7, 11) is 0. The Balaban J connectivity index is 2.50. The van der Waals surface area contributed by atoms with Crippen molar-refractivity contribution in [2.45, 2.75) is 6.92 Å². The van der Waals surface area contributed by atoms with Crippen LogP contribution in [0.5, 0.6) is 0 Å². The first-order valence-electron chi connectivity index (χ1n) is 3.31. The van der Waals surface area contributed by atoms with Crippen molar-refractivity contribution in [3.05, 3.63) is 21.8 Å². The van der Waals surface area contributed by atoms with E-state index in [-0.39, 0.29) is 0 Å². The first-order chi connectivity index (χ1) is 5.77. The van der Waals surface area contributed by atoms with E-state index in [1.165, 1.54) is 0 Å². The molecule has 2 heterocycles. The monoisotopic (exact) mass is 244 g/mol. The van der Waals surface area contributed by atoms with Crippen LogP contribution in [0.15, 0.2) is 20.3 Å². The molecule has 0 amide bonds. The van der Waals surface area contributed by atoms with Crippen LogP contribution >= 0.6 is 27.3 Å². The molecule has 0 bridgehead atoms. The highest BCUT2D eigenvalue weighted by atomic mass is 79.9. The minimum Gasteiger partial charge on any atom is -0.420 e. The van der Waals surface area contributed by atoms with E-state index in [1.807, 2.05) is 11.4 Å². The smallest absolute Gasteiger partial charge is 0.258 e. The highest BCUT2D eigenvalue weighted by Crippen LogP contribution is 2.32. The summed E-state index contributed by atoms with van der Waals surface area (Å²) in [5.74, 6) is 1.17. The van der Waals surface area contributed by atoms with Crippen LogP contribution in [0.4, 0.5) is 0 Å². The molecule has 0 fully saturated rings. The van der Waals surface area contributed by atoms with Gasteiger partial charge in [0.05, 0.1) is 0 Å². The molecule has 2 aromatic heterocycles. The molecule has 0 spiro atoms. The Labute approximate surface area is 81.6 Å². The van der Waals surface area contributed by atoms with E-state index < -0.39 is 0 Å². The third-order valence-corrected chi connectivity index (χ3v) is 3.16. The van der Waals surface area contributed by atoms with Gasteiger partial charge in [0.15, 0.2) is 0 Å². The van der Waals surface area contributed by atoms with Crippen LogP contribution in [-0.4, -0.2) is 10.2 Å². The van der Waals surface area contributed by atoms with E-state index in [0.717, 1.165) is 9.35 Å². The number of hydrogen-bond acceptors (Lipinski definition) is 4. The van der Waals surface area contributed by atoms with Gasteiger partial charge < -0.3 is 4.42 Å². The minimum atomic E-state index is 0.578. The maximum atomic E-state index is 5.27. The van der Waals surface area contributed by atoms with E-state index >= 15 is 0 Å². The van der Waals surface area contributed by atoms with Crippen LogP contribution in [0.2, 0.25) is 0 Å². The zero-order valence-corrected chi connectivity index (χ0v) is 8.65. The molecule has 0 aliphatic heterocycles. The third-order valence-electron chi connectivity index (χ3n) is 1.34. The van der Waals surface area contributed by atoms with Crippen LogP contribution in [0, 0.1) is 6.92 Å². The number of thiophene rings is 1. The van der Waals surface area contributed by atoms with E-state index in [0.29, 0.717) is 11.8 Å². The Morgan fingerprint density at radius 1 is 1.50 bits per heavy atom. The SMILES string of the molecule is Cc1nnc(-c2sccc2Br)o1. The molecule has 0 aliphatic rings. The number of hydrogen-bond donors (Lipinski definition) is 0. The number of nitrogens with zero attached hydrogens (tertiary/aromatic N) is 2. The normalized spacial score (nSPS) is 10.5. The molecule has 2 rings (SSSR count). The second kappa shape index (κ2) is 2.99. The average Bonchev–Trinajstić information content (AvgIpc) is 2.58. The summed E-state index contributed by atoms with van der Waals surface area (Å²) in [6, 6.07) is 1.96. The summed E-state index contributed by atoms with van der Waals surface area (Å²) in [6.45, 7) is 1.78. The first-order valence-corrected chi connectivity index (χ1v) is 4.98. The lowest BCUT2D eigenvalue weighted by atomic mass is 10.5. The minimum absolute atomic E-state index is 0.578. The zero-order chi connectivity index (χ0) is 8.55. The molecule has 0 aliphatic carbocycles. The molecule has 0 atom stereocenters. The number of aromatic nitrogens is 2. The molecule has 62 valence electrons. The van der Waals surface area contributed by atoms with Crippen molar-refractivity contribution in [1.29, 1.82) is 0 Å². The van der Waals surface area contributed by atoms with Crippen LogP contribution in [0.1, 0.15) is 5.89 Å². The second-order valence-electron chi connectivity index (χ2n) is 2.22. The summed E-state index contributed by atoms with van der Waals surface area (Å²) >= 11 is 4.97. The van der Waals surface area contributed by atoms with Gasteiger partial charge in [0.25, 0.3) is 5.89 Å². The van der Waals surface area contributed by atoms with Gasteiger partial charge >= 0.3 is 0 Å². The van der Waals surface area contributed by atoms with Crippen molar-refractivity contribution in [2.75, 3.05) is 0 Å². The number of aryl methyl sites for hydroxylation is 1. The van der Waals surface area contributed by atoms with Gasteiger partial charge in [-0.3, -0.25) is 0 Å². The standard InChI is InChI=1S/C7H5BrN2OS/c1-4-9-10-7(11-4)6-5(8)2-3-12-6/h2-3H,1H3. The lowest BCUT2D eigenvalue weighted by Crippen LogP contribution is -1.72. The predicted molar refractivity (Wildman–Crippen MR) is 50.0 cm³/mol. The second-order valence-corrected chi connectivity index (χ2v) is 3.99. The molecular formula is C7H5BrN2OS. The van der Waals surface area contributed by atoms with Crippen molar-refractivity contribution in [3.8, 4) is 10.8 Å². The summed E-state index contributed by atoms with van der Waals surface area (Å²) in [5.41, 5.74) is 0. The van der Waals surface area contributed by atoms with Crippen LogP contribution in [-0.2, 0) is 0 Å². The largest absolute Gasteiger partial charge is 0.420 e. The van der Waals surface area contributed by atoms with Gasteiger partial charge in [-0.15, -0.1) is 21.5 Å². The topological polar surface area (TPSA) is 38.9 Å². The quantitative estimate of drug-likeness (QED) is 0.775. The highest BCUT2D eigenvalue weighted by Gasteiger charge is 2.10. The summed E-state index contributed by atoms with van der Waals surface area (Å²) in [6.07, 6.45) is 0. The Hall–Kier alpha value is -0.680. The van der Waals surface area contributed by atoms with Crippen molar-refractivity contribution in [3.63, 3.8) is 0 Å². The zero-order valence-electron chi connectivity index (χ0n) is 6.24. The van der Waals surface area contributed by atoms with Gasteiger partial charge in [0, 0.05) is 11.4 Å². The molecule has 0 aromatic carbocycles. The highest BCUT2D eigenvalue weighted by molar-refractivity contribution is 9.10.